The third-order valence-electron chi connectivity index (χ3n) is 4.60. The highest BCUT2D eigenvalue weighted by molar-refractivity contribution is 6.05. The van der Waals surface area contributed by atoms with E-state index in [1.807, 2.05) is 45.9 Å². The first-order valence-electron chi connectivity index (χ1n) is 10.6. The largest absolute Gasteiger partial charge is 0.494 e. The standard InChI is InChI=1S/C24H28N4O4/c1-5-31-19-11-12-21(32-6-2)20(13-19)26-24(30)17-7-9-18(10-8-17)28-14-22(25-15-28)27-23(29)16(3)4/h7-16H,5-6H2,1-4H3,(H,26,30)(H,27,29). The fourth-order valence-corrected chi connectivity index (χ4v) is 2.92. The zero-order chi connectivity index (χ0) is 23.1. The molecule has 0 fully saturated rings. The highest BCUT2D eigenvalue weighted by Gasteiger charge is 2.13. The van der Waals surface area contributed by atoms with Crippen molar-refractivity contribution in [1.82, 2.24) is 9.55 Å². The second kappa shape index (κ2) is 10.5. The fraction of sp³-hybridized carbons (Fsp3) is 0.292. The lowest BCUT2D eigenvalue weighted by atomic mass is 10.2. The van der Waals surface area contributed by atoms with E-state index in [0.29, 0.717) is 41.8 Å². The number of imidazole rings is 1. The van der Waals surface area contributed by atoms with Crippen LogP contribution in [-0.2, 0) is 4.79 Å². The number of anilines is 2. The molecule has 0 radical (unpaired) electrons. The van der Waals surface area contributed by atoms with Crippen molar-refractivity contribution in [1.29, 1.82) is 0 Å². The highest BCUT2D eigenvalue weighted by atomic mass is 16.5. The smallest absolute Gasteiger partial charge is 0.255 e. The summed E-state index contributed by atoms with van der Waals surface area (Å²) in [6.45, 7) is 8.44. The zero-order valence-electron chi connectivity index (χ0n) is 18.7. The van der Waals surface area contributed by atoms with Gasteiger partial charge in [-0.2, -0.15) is 0 Å². The molecule has 32 heavy (non-hydrogen) atoms. The van der Waals surface area contributed by atoms with E-state index in [2.05, 4.69) is 15.6 Å². The normalized spacial score (nSPS) is 10.7. The van der Waals surface area contributed by atoms with Gasteiger partial charge in [0.15, 0.2) is 5.82 Å². The molecule has 2 N–H and O–H groups in total. The molecular weight excluding hydrogens is 408 g/mol. The van der Waals surface area contributed by atoms with E-state index in [9.17, 15) is 9.59 Å². The third-order valence-corrected chi connectivity index (χ3v) is 4.60. The Labute approximate surface area is 187 Å². The Morgan fingerprint density at radius 3 is 2.38 bits per heavy atom. The lowest BCUT2D eigenvalue weighted by Gasteiger charge is -2.14. The second-order valence-electron chi connectivity index (χ2n) is 7.34. The van der Waals surface area contributed by atoms with Crippen LogP contribution in [0.1, 0.15) is 38.1 Å². The Bertz CT molecular complexity index is 1070. The number of carbonyl (C=O) groups is 2. The first kappa shape index (κ1) is 22.9. The van der Waals surface area contributed by atoms with Crippen molar-refractivity contribution in [3.05, 3.63) is 60.6 Å². The predicted octanol–water partition coefficient (Wildman–Crippen LogP) is 4.52. The van der Waals surface area contributed by atoms with Gasteiger partial charge < -0.3 is 24.7 Å². The van der Waals surface area contributed by atoms with Gasteiger partial charge in [0.2, 0.25) is 5.91 Å². The van der Waals surface area contributed by atoms with Crippen molar-refractivity contribution < 1.29 is 19.1 Å². The topological polar surface area (TPSA) is 94.5 Å². The fourth-order valence-electron chi connectivity index (χ4n) is 2.92. The molecule has 0 bridgehead atoms. The molecule has 0 unspecified atom stereocenters. The zero-order valence-corrected chi connectivity index (χ0v) is 18.7. The van der Waals surface area contributed by atoms with Gasteiger partial charge in [-0.3, -0.25) is 9.59 Å². The van der Waals surface area contributed by atoms with Gasteiger partial charge >= 0.3 is 0 Å². The number of hydrogen-bond donors (Lipinski definition) is 2. The summed E-state index contributed by atoms with van der Waals surface area (Å²) in [6, 6.07) is 12.4. The number of carbonyl (C=O) groups excluding carboxylic acids is 2. The van der Waals surface area contributed by atoms with Crippen LogP contribution in [0.25, 0.3) is 5.69 Å². The maximum absolute atomic E-state index is 12.8. The first-order valence-corrected chi connectivity index (χ1v) is 10.6. The Morgan fingerprint density at radius 1 is 1.00 bits per heavy atom. The molecule has 0 aliphatic rings. The molecule has 0 spiro atoms. The molecule has 0 atom stereocenters. The summed E-state index contributed by atoms with van der Waals surface area (Å²) in [4.78, 5) is 28.8. The lowest BCUT2D eigenvalue weighted by Crippen LogP contribution is -2.17. The Balaban J connectivity index is 1.73. The van der Waals surface area contributed by atoms with E-state index < -0.39 is 0 Å². The number of hydrogen-bond acceptors (Lipinski definition) is 5. The van der Waals surface area contributed by atoms with E-state index in [-0.39, 0.29) is 17.7 Å². The first-order chi connectivity index (χ1) is 15.4. The number of nitrogens with zero attached hydrogens (tertiary/aromatic N) is 2. The van der Waals surface area contributed by atoms with Gasteiger partial charge in [0.05, 0.1) is 25.1 Å². The van der Waals surface area contributed by atoms with Crippen molar-refractivity contribution in [2.45, 2.75) is 27.7 Å². The van der Waals surface area contributed by atoms with E-state index in [1.54, 1.807) is 41.4 Å². The van der Waals surface area contributed by atoms with Crippen LogP contribution in [0.5, 0.6) is 11.5 Å². The summed E-state index contributed by atoms with van der Waals surface area (Å²) in [6.07, 6.45) is 3.33. The second-order valence-corrected chi connectivity index (χ2v) is 7.34. The van der Waals surface area contributed by atoms with Gasteiger partial charge in [0, 0.05) is 23.2 Å². The Morgan fingerprint density at radius 2 is 1.72 bits per heavy atom. The average Bonchev–Trinajstić information content (AvgIpc) is 3.24. The van der Waals surface area contributed by atoms with Crippen molar-refractivity contribution in [3.63, 3.8) is 0 Å². The van der Waals surface area contributed by atoms with E-state index in [1.165, 1.54) is 0 Å². The molecule has 8 heteroatoms. The summed E-state index contributed by atoms with van der Waals surface area (Å²) >= 11 is 0. The summed E-state index contributed by atoms with van der Waals surface area (Å²) in [5, 5.41) is 5.66. The molecule has 0 saturated heterocycles. The van der Waals surface area contributed by atoms with Crippen LogP contribution in [0.2, 0.25) is 0 Å². The molecule has 0 aliphatic heterocycles. The van der Waals surface area contributed by atoms with Crippen LogP contribution in [-0.4, -0.2) is 34.6 Å². The van der Waals surface area contributed by atoms with Gasteiger partial charge in [-0.1, -0.05) is 13.8 Å². The van der Waals surface area contributed by atoms with Gasteiger partial charge in [-0.05, 0) is 50.2 Å². The molecule has 8 nitrogen and oxygen atoms in total. The van der Waals surface area contributed by atoms with Crippen LogP contribution < -0.4 is 20.1 Å². The Hall–Kier alpha value is -3.81. The maximum Gasteiger partial charge on any atom is 0.255 e. The number of benzene rings is 2. The molecule has 2 amide bonds. The van der Waals surface area contributed by atoms with Crippen molar-refractivity contribution in [3.8, 4) is 17.2 Å². The quantitative estimate of drug-likeness (QED) is 0.514. The van der Waals surface area contributed by atoms with Crippen molar-refractivity contribution in [2.75, 3.05) is 23.8 Å². The van der Waals surface area contributed by atoms with Gasteiger partial charge in [-0.25, -0.2) is 4.98 Å². The number of amides is 2. The van der Waals surface area contributed by atoms with Crippen LogP contribution in [0, 0.1) is 5.92 Å². The van der Waals surface area contributed by atoms with Crippen LogP contribution >= 0.6 is 0 Å². The van der Waals surface area contributed by atoms with Crippen LogP contribution in [0.4, 0.5) is 11.5 Å². The van der Waals surface area contributed by atoms with Gasteiger partial charge in [0.1, 0.15) is 17.8 Å². The molecule has 3 aromatic rings. The highest BCUT2D eigenvalue weighted by Crippen LogP contribution is 2.30. The predicted molar refractivity (Wildman–Crippen MR) is 124 cm³/mol. The number of aromatic nitrogens is 2. The Kier molecular flexibility index (Phi) is 7.49. The molecule has 3 rings (SSSR count). The van der Waals surface area contributed by atoms with Crippen LogP contribution in [0.15, 0.2) is 55.0 Å². The SMILES string of the molecule is CCOc1ccc(OCC)c(NC(=O)c2ccc(-n3cnc(NC(=O)C(C)C)c3)cc2)c1. The summed E-state index contributed by atoms with van der Waals surface area (Å²) in [7, 11) is 0. The molecule has 1 heterocycles. The molecule has 0 saturated carbocycles. The maximum atomic E-state index is 12.8. The molecule has 2 aromatic carbocycles. The lowest BCUT2D eigenvalue weighted by molar-refractivity contribution is -0.118. The number of rotatable bonds is 9. The van der Waals surface area contributed by atoms with E-state index >= 15 is 0 Å². The van der Waals surface area contributed by atoms with Crippen LogP contribution in [0.3, 0.4) is 0 Å². The molecule has 0 aliphatic carbocycles. The summed E-state index contributed by atoms with van der Waals surface area (Å²) in [5.41, 5.74) is 1.85. The van der Waals surface area contributed by atoms with Gasteiger partial charge in [-0.15, -0.1) is 0 Å². The van der Waals surface area contributed by atoms with E-state index in [4.69, 9.17) is 9.47 Å². The minimum atomic E-state index is -0.262. The van der Waals surface area contributed by atoms with E-state index in [0.717, 1.165) is 5.69 Å². The number of ether oxygens (including phenoxy) is 2. The van der Waals surface area contributed by atoms with Crippen molar-refractivity contribution in [2.24, 2.45) is 5.92 Å². The van der Waals surface area contributed by atoms with Crippen molar-refractivity contribution >= 4 is 23.3 Å². The summed E-state index contributed by atoms with van der Waals surface area (Å²) in [5.74, 6) is 1.22. The monoisotopic (exact) mass is 436 g/mol. The van der Waals surface area contributed by atoms with Gasteiger partial charge in [0.25, 0.3) is 5.91 Å². The number of nitrogens with one attached hydrogen (secondary N) is 2. The molecule has 168 valence electrons. The molecular formula is C24H28N4O4. The third kappa shape index (κ3) is 5.66. The minimum absolute atomic E-state index is 0.0953. The minimum Gasteiger partial charge on any atom is -0.494 e. The summed E-state index contributed by atoms with van der Waals surface area (Å²) < 4.78 is 12.9. The molecule has 1 aromatic heterocycles. The average molecular weight is 437 g/mol.